The Morgan fingerprint density at radius 1 is 1.32 bits per heavy atom. The van der Waals surface area contributed by atoms with Crippen LogP contribution in [0.4, 0.5) is 5.69 Å². The average Bonchev–Trinajstić information content (AvgIpc) is 2.39. The van der Waals surface area contributed by atoms with Crippen LogP contribution in [0.3, 0.4) is 0 Å². The molecule has 3 rings (SSSR count). The minimum Gasteiger partial charge on any atom is -0.437 e. The molecule has 2 heterocycles. The summed E-state index contributed by atoms with van der Waals surface area (Å²) in [6, 6.07) is 5.42. The Hall–Kier alpha value is -2.21. The summed E-state index contributed by atoms with van der Waals surface area (Å²) in [5, 5.41) is 10.0. The highest BCUT2D eigenvalue weighted by molar-refractivity contribution is 6.28. The number of anilines is 1. The Balaban J connectivity index is 1.85. The lowest BCUT2D eigenvalue weighted by atomic mass is 10.0. The van der Waals surface area contributed by atoms with Crippen LogP contribution in [-0.4, -0.2) is 21.1 Å². The number of rotatable bonds is 2. The summed E-state index contributed by atoms with van der Waals surface area (Å²) in [7, 11) is 0. The van der Waals surface area contributed by atoms with Crippen molar-refractivity contribution in [3.8, 4) is 11.6 Å². The van der Waals surface area contributed by atoms with Gasteiger partial charge in [-0.05, 0) is 41.8 Å². The van der Waals surface area contributed by atoms with Crippen molar-refractivity contribution in [1.82, 2.24) is 15.2 Å². The van der Waals surface area contributed by atoms with Crippen LogP contribution in [0.2, 0.25) is 5.28 Å². The molecule has 2 aromatic rings. The van der Waals surface area contributed by atoms with Gasteiger partial charge in [0, 0.05) is 12.1 Å². The van der Waals surface area contributed by atoms with E-state index >= 15 is 0 Å². The van der Waals surface area contributed by atoms with E-state index in [1.807, 2.05) is 6.07 Å². The summed E-state index contributed by atoms with van der Waals surface area (Å²) in [5.41, 5.74) is 1.85. The lowest BCUT2D eigenvalue weighted by Gasteiger charge is -2.17. The first-order valence-corrected chi connectivity index (χ1v) is 6.04. The van der Waals surface area contributed by atoms with Crippen molar-refractivity contribution in [3.63, 3.8) is 0 Å². The van der Waals surface area contributed by atoms with Crippen molar-refractivity contribution in [2.24, 2.45) is 0 Å². The first-order valence-electron chi connectivity index (χ1n) is 5.66. The molecule has 0 spiro atoms. The lowest BCUT2D eigenvalue weighted by Crippen LogP contribution is -2.18. The standard InChI is InChI=1S/C12H9ClN4O2/c13-12-16-11(6-14-17-12)19-8-2-3-9-7(5-8)1-4-10(18)15-9/h2-3,5-6H,1,4H2,(H,15,18). The van der Waals surface area contributed by atoms with Gasteiger partial charge in [0.05, 0.1) is 0 Å². The maximum absolute atomic E-state index is 11.3. The van der Waals surface area contributed by atoms with Gasteiger partial charge in [0.15, 0.2) is 0 Å². The predicted octanol–water partition coefficient (Wildman–Crippen LogP) is 2.20. The van der Waals surface area contributed by atoms with Crippen LogP contribution in [0.1, 0.15) is 12.0 Å². The van der Waals surface area contributed by atoms with E-state index in [0.29, 0.717) is 18.6 Å². The highest BCUT2D eigenvalue weighted by Crippen LogP contribution is 2.28. The number of hydrogen-bond donors (Lipinski definition) is 1. The molecule has 6 nitrogen and oxygen atoms in total. The summed E-state index contributed by atoms with van der Waals surface area (Å²) < 4.78 is 5.54. The molecule has 0 saturated carbocycles. The number of aryl methyl sites for hydroxylation is 1. The Morgan fingerprint density at radius 3 is 3.05 bits per heavy atom. The first kappa shape index (κ1) is 11.9. The zero-order chi connectivity index (χ0) is 13.2. The van der Waals surface area contributed by atoms with E-state index in [2.05, 4.69) is 20.5 Å². The molecule has 1 amide bonds. The molecule has 1 aromatic carbocycles. The fraction of sp³-hybridized carbons (Fsp3) is 0.167. The Kier molecular flexibility index (Phi) is 3.00. The second kappa shape index (κ2) is 4.81. The highest BCUT2D eigenvalue weighted by Gasteiger charge is 2.15. The van der Waals surface area contributed by atoms with Crippen LogP contribution in [0.5, 0.6) is 11.6 Å². The molecule has 0 bridgehead atoms. The fourth-order valence-corrected chi connectivity index (χ4v) is 1.99. The van der Waals surface area contributed by atoms with Crippen molar-refractivity contribution in [2.45, 2.75) is 12.8 Å². The summed E-state index contributed by atoms with van der Waals surface area (Å²) in [6.45, 7) is 0. The van der Waals surface area contributed by atoms with E-state index in [-0.39, 0.29) is 17.1 Å². The fourth-order valence-electron chi connectivity index (χ4n) is 1.86. The number of nitrogens with one attached hydrogen (secondary N) is 1. The van der Waals surface area contributed by atoms with Crippen LogP contribution in [-0.2, 0) is 11.2 Å². The van der Waals surface area contributed by atoms with E-state index in [9.17, 15) is 4.79 Å². The molecule has 0 saturated heterocycles. The normalized spacial score (nSPS) is 13.6. The molecule has 1 aromatic heterocycles. The minimum atomic E-state index is 0.0303. The molecule has 0 aliphatic carbocycles. The van der Waals surface area contributed by atoms with Gasteiger partial charge in [0.25, 0.3) is 0 Å². The van der Waals surface area contributed by atoms with E-state index in [0.717, 1.165) is 11.3 Å². The smallest absolute Gasteiger partial charge is 0.246 e. The Labute approximate surface area is 113 Å². The summed E-state index contributed by atoms with van der Waals surface area (Å²) in [5.74, 6) is 0.930. The van der Waals surface area contributed by atoms with Gasteiger partial charge in [-0.1, -0.05) is 0 Å². The van der Waals surface area contributed by atoms with E-state index in [1.54, 1.807) is 12.1 Å². The number of hydrogen-bond acceptors (Lipinski definition) is 5. The van der Waals surface area contributed by atoms with Gasteiger partial charge < -0.3 is 10.1 Å². The zero-order valence-electron chi connectivity index (χ0n) is 9.76. The molecular formula is C12H9ClN4O2. The third kappa shape index (κ3) is 2.63. The van der Waals surface area contributed by atoms with Gasteiger partial charge in [-0.3, -0.25) is 4.79 Å². The van der Waals surface area contributed by atoms with Gasteiger partial charge in [-0.25, -0.2) is 0 Å². The summed E-state index contributed by atoms with van der Waals surface area (Å²) in [4.78, 5) is 15.1. The van der Waals surface area contributed by atoms with Gasteiger partial charge in [-0.15, -0.1) is 5.10 Å². The minimum absolute atomic E-state index is 0.0303. The van der Waals surface area contributed by atoms with E-state index < -0.39 is 0 Å². The first-order chi connectivity index (χ1) is 9.20. The SMILES string of the molecule is O=C1CCc2cc(Oc3cnnc(Cl)n3)ccc2N1. The van der Waals surface area contributed by atoms with E-state index in [1.165, 1.54) is 6.20 Å². The molecule has 1 aliphatic rings. The van der Waals surface area contributed by atoms with Crippen LogP contribution < -0.4 is 10.1 Å². The van der Waals surface area contributed by atoms with Crippen molar-refractivity contribution in [3.05, 3.63) is 35.2 Å². The number of aromatic nitrogens is 3. The molecule has 0 radical (unpaired) electrons. The number of amides is 1. The number of carbonyl (C=O) groups is 1. The second-order valence-electron chi connectivity index (χ2n) is 4.03. The molecule has 96 valence electrons. The third-order valence-corrected chi connectivity index (χ3v) is 2.87. The third-order valence-electron chi connectivity index (χ3n) is 2.71. The molecule has 1 aliphatic heterocycles. The maximum Gasteiger partial charge on any atom is 0.246 e. The number of carbonyl (C=O) groups excluding carboxylic acids is 1. The molecule has 7 heteroatoms. The average molecular weight is 277 g/mol. The Bertz CT molecular complexity index is 647. The van der Waals surface area contributed by atoms with Crippen LogP contribution in [0.25, 0.3) is 0 Å². The van der Waals surface area contributed by atoms with Gasteiger partial charge in [-0.2, -0.15) is 10.1 Å². The maximum atomic E-state index is 11.3. The second-order valence-corrected chi connectivity index (χ2v) is 4.37. The number of fused-ring (bicyclic) bond motifs is 1. The molecule has 19 heavy (non-hydrogen) atoms. The summed E-state index contributed by atoms with van der Waals surface area (Å²) in [6.07, 6.45) is 2.56. The molecule has 0 atom stereocenters. The quantitative estimate of drug-likeness (QED) is 0.910. The van der Waals surface area contributed by atoms with Gasteiger partial charge >= 0.3 is 0 Å². The highest BCUT2D eigenvalue weighted by atomic mass is 35.5. The van der Waals surface area contributed by atoms with Crippen LogP contribution >= 0.6 is 11.6 Å². The lowest BCUT2D eigenvalue weighted by molar-refractivity contribution is -0.116. The molecular weight excluding hydrogens is 268 g/mol. The van der Waals surface area contributed by atoms with Gasteiger partial charge in [0.2, 0.25) is 17.1 Å². The number of ether oxygens (including phenoxy) is 1. The van der Waals surface area contributed by atoms with Crippen molar-refractivity contribution >= 4 is 23.2 Å². The van der Waals surface area contributed by atoms with Crippen LogP contribution in [0.15, 0.2) is 24.4 Å². The largest absolute Gasteiger partial charge is 0.437 e. The molecule has 0 fully saturated rings. The van der Waals surface area contributed by atoms with Crippen LogP contribution in [0, 0.1) is 0 Å². The number of benzene rings is 1. The summed E-state index contributed by atoms with van der Waals surface area (Å²) >= 11 is 5.63. The number of nitrogens with zero attached hydrogens (tertiary/aromatic N) is 3. The predicted molar refractivity (Wildman–Crippen MR) is 68.3 cm³/mol. The van der Waals surface area contributed by atoms with Crippen molar-refractivity contribution < 1.29 is 9.53 Å². The van der Waals surface area contributed by atoms with Gasteiger partial charge in [0.1, 0.15) is 11.9 Å². The van der Waals surface area contributed by atoms with Crippen molar-refractivity contribution in [1.29, 1.82) is 0 Å². The topological polar surface area (TPSA) is 77.0 Å². The van der Waals surface area contributed by atoms with E-state index in [4.69, 9.17) is 16.3 Å². The Morgan fingerprint density at radius 2 is 2.21 bits per heavy atom. The molecule has 1 N–H and O–H groups in total. The van der Waals surface area contributed by atoms with Crippen molar-refractivity contribution in [2.75, 3.05) is 5.32 Å². The monoisotopic (exact) mass is 276 g/mol. The zero-order valence-corrected chi connectivity index (χ0v) is 10.5. The number of halogens is 1. The molecule has 0 unspecified atom stereocenters.